The Morgan fingerprint density at radius 2 is 2.24 bits per heavy atom. The molecule has 3 N–H and O–H groups in total. The maximum atomic E-state index is 8.79. The molecule has 0 spiro atoms. The van der Waals surface area contributed by atoms with Crippen molar-refractivity contribution in [2.24, 2.45) is 10.9 Å². The van der Waals surface area contributed by atoms with E-state index >= 15 is 0 Å². The van der Waals surface area contributed by atoms with Crippen LogP contribution in [0.5, 0.6) is 0 Å². The first-order valence-electron chi connectivity index (χ1n) is 5.51. The lowest BCUT2D eigenvalue weighted by Gasteiger charge is -2.28. The number of hydrogen-bond acceptors (Lipinski definition) is 3. The second-order valence-corrected chi connectivity index (χ2v) is 4.93. The van der Waals surface area contributed by atoms with Crippen LogP contribution in [-0.2, 0) is 0 Å². The van der Waals surface area contributed by atoms with Crippen LogP contribution in [0.15, 0.2) is 27.8 Å². The van der Waals surface area contributed by atoms with Crippen LogP contribution in [-0.4, -0.2) is 24.1 Å². The van der Waals surface area contributed by atoms with Crippen molar-refractivity contribution in [1.29, 1.82) is 0 Å². The monoisotopic (exact) mass is 299 g/mol. The molecule has 0 bridgehead atoms. The molecule has 0 aliphatic carbocycles. The first-order valence-corrected chi connectivity index (χ1v) is 6.30. The van der Waals surface area contributed by atoms with Crippen molar-refractivity contribution in [3.8, 4) is 0 Å². The van der Waals surface area contributed by atoms with Gasteiger partial charge in [-0.15, -0.1) is 0 Å². The van der Waals surface area contributed by atoms with Gasteiger partial charge in [0.15, 0.2) is 5.84 Å². The Morgan fingerprint density at radius 1 is 1.59 bits per heavy atom. The van der Waals surface area contributed by atoms with Crippen LogP contribution in [0.3, 0.4) is 0 Å². The van der Waals surface area contributed by atoms with Crippen molar-refractivity contribution < 1.29 is 5.21 Å². The zero-order valence-electron chi connectivity index (χ0n) is 10.3. The molecule has 0 fully saturated rings. The van der Waals surface area contributed by atoms with Gasteiger partial charge >= 0.3 is 0 Å². The molecule has 0 saturated carbocycles. The molecule has 0 amide bonds. The lowest BCUT2D eigenvalue weighted by Crippen LogP contribution is -2.30. The third-order valence-electron chi connectivity index (χ3n) is 2.98. The van der Waals surface area contributed by atoms with Gasteiger partial charge in [-0.05, 0) is 31.5 Å². The summed E-state index contributed by atoms with van der Waals surface area (Å²) in [4.78, 5) is 2.12. The summed E-state index contributed by atoms with van der Waals surface area (Å²) in [5, 5.41) is 11.9. The van der Waals surface area contributed by atoms with Crippen molar-refractivity contribution >= 4 is 27.5 Å². The van der Waals surface area contributed by atoms with E-state index in [4.69, 9.17) is 10.9 Å². The largest absolute Gasteiger partial charge is 0.409 e. The van der Waals surface area contributed by atoms with Gasteiger partial charge < -0.3 is 15.8 Å². The van der Waals surface area contributed by atoms with Gasteiger partial charge in [-0.1, -0.05) is 28.0 Å². The van der Waals surface area contributed by atoms with Gasteiger partial charge in [-0.2, -0.15) is 0 Å². The van der Waals surface area contributed by atoms with E-state index in [1.54, 1.807) is 0 Å². The smallest absolute Gasteiger partial charge is 0.172 e. The molecular formula is C12H18BrN3O. The Balaban J connectivity index is 3.24. The molecule has 1 rings (SSSR count). The maximum absolute atomic E-state index is 8.79. The van der Waals surface area contributed by atoms with Crippen LogP contribution in [0.4, 0.5) is 5.69 Å². The van der Waals surface area contributed by atoms with Gasteiger partial charge in [0, 0.05) is 28.8 Å². The average Bonchev–Trinajstić information content (AvgIpc) is 2.35. The molecule has 1 unspecified atom stereocenters. The number of benzene rings is 1. The third kappa shape index (κ3) is 3.12. The molecule has 0 radical (unpaired) electrons. The van der Waals surface area contributed by atoms with E-state index in [-0.39, 0.29) is 5.84 Å². The van der Waals surface area contributed by atoms with Crippen molar-refractivity contribution in [2.45, 2.75) is 26.3 Å². The van der Waals surface area contributed by atoms with Crippen molar-refractivity contribution in [3.05, 3.63) is 28.2 Å². The molecule has 5 heteroatoms. The van der Waals surface area contributed by atoms with Gasteiger partial charge in [0.2, 0.25) is 0 Å². The molecule has 94 valence electrons. The molecule has 0 aromatic heterocycles. The van der Waals surface area contributed by atoms with Crippen LogP contribution in [0.1, 0.15) is 25.8 Å². The Bertz CT molecular complexity index is 420. The quantitative estimate of drug-likeness (QED) is 0.389. The fourth-order valence-corrected chi connectivity index (χ4v) is 1.93. The predicted molar refractivity (Wildman–Crippen MR) is 74.8 cm³/mol. The van der Waals surface area contributed by atoms with E-state index in [2.05, 4.69) is 39.8 Å². The molecule has 0 heterocycles. The van der Waals surface area contributed by atoms with Crippen LogP contribution in [0, 0.1) is 0 Å². The summed E-state index contributed by atoms with van der Waals surface area (Å²) < 4.78 is 0.970. The average molecular weight is 300 g/mol. The van der Waals surface area contributed by atoms with Crippen molar-refractivity contribution in [2.75, 3.05) is 11.9 Å². The summed E-state index contributed by atoms with van der Waals surface area (Å²) in [5.41, 5.74) is 7.37. The fourth-order valence-electron chi connectivity index (χ4n) is 1.58. The van der Waals surface area contributed by atoms with E-state index < -0.39 is 0 Å². The number of nitrogens with two attached hydrogens (primary N) is 1. The lowest BCUT2D eigenvalue weighted by molar-refractivity contribution is 0.318. The summed E-state index contributed by atoms with van der Waals surface area (Å²) in [7, 11) is 2.00. The second kappa shape index (κ2) is 5.91. The normalized spacial score (nSPS) is 13.5. The van der Waals surface area contributed by atoms with Crippen LogP contribution in [0.25, 0.3) is 0 Å². The zero-order valence-corrected chi connectivity index (χ0v) is 11.9. The fraction of sp³-hybridized carbons (Fsp3) is 0.417. The van der Waals surface area contributed by atoms with Crippen LogP contribution < -0.4 is 10.6 Å². The number of halogens is 1. The van der Waals surface area contributed by atoms with E-state index in [1.807, 2.05) is 25.2 Å². The minimum Gasteiger partial charge on any atom is -0.409 e. The van der Waals surface area contributed by atoms with E-state index in [0.717, 1.165) is 22.1 Å². The van der Waals surface area contributed by atoms with Crippen LogP contribution >= 0.6 is 15.9 Å². The summed E-state index contributed by atoms with van der Waals surface area (Å²) in [5.74, 6) is 0.127. The van der Waals surface area contributed by atoms with E-state index in [0.29, 0.717) is 6.04 Å². The number of rotatable bonds is 4. The molecular weight excluding hydrogens is 282 g/mol. The third-order valence-corrected chi connectivity index (χ3v) is 3.47. The standard InChI is InChI=1S/C12H18BrN3O/c1-4-8(2)16(3)11-7-9(13)5-6-10(11)12(14)15-17/h5-8,17H,4H2,1-3H3,(H2,14,15). The lowest BCUT2D eigenvalue weighted by atomic mass is 10.1. The highest BCUT2D eigenvalue weighted by atomic mass is 79.9. The topological polar surface area (TPSA) is 61.8 Å². The first-order chi connectivity index (χ1) is 8.01. The Morgan fingerprint density at radius 3 is 2.76 bits per heavy atom. The number of hydrogen-bond donors (Lipinski definition) is 2. The molecule has 1 aromatic carbocycles. The molecule has 0 saturated heterocycles. The Hall–Kier alpha value is -1.23. The Kier molecular flexibility index (Phi) is 4.81. The van der Waals surface area contributed by atoms with Crippen molar-refractivity contribution in [1.82, 2.24) is 0 Å². The highest BCUT2D eigenvalue weighted by molar-refractivity contribution is 9.10. The summed E-state index contributed by atoms with van der Waals surface area (Å²) in [6.45, 7) is 4.26. The van der Waals surface area contributed by atoms with Gasteiger partial charge in [-0.25, -0.2) is 0 Å². The number of nitrogens with zero attached hydrogens (tertiary/aromatic N) is 2. The van der Waals surface area contributed by atoms with Gasteiger partial charge in [0.05, 0.1) is 0 Å². The predicted octanol–water partition coefficient (Wildman–Crippen LogP) is 2.78. The highest BCUT2D eigenvalue weighted by Gasteiger charge is 2.15. The van der Waals surface area contributed by atoms with E-state index in [1.165, 1.54) is 0 Å². The maximum Gasteiger partial charge on any atom is 0.172 e. The molecule has 17 heavy (non-hydrogen) atoms. The van der Waals surface area contributed by atoms with Gasteiger partial charge in [0.25, 0.3) is 0 Å². The zero-order chi connectivity index (χ0) is 13.0. The minimum absolute atomic E-state index is 0.127. The van der Waals surface area contributed by atoms with Crippen molar-refractivity contribution in [3.63, 3.8) is 0 Å². The molecule has 0 aliphatic rings. The first kappa shape index (κ1) is 13.8. The molecule has 1 atom stereocenters. The molecule has 1 aromatic rings. The highest BCUT2D eigenvalue weighted by Crippen LogP contribution is 2.26. The summed E-state index contributed by atoms with van der Waals surface area (Å²) >= 11 is 3.44. The van der Waals surface area contributed by atoms with Gasteiger partial charge in [0.1, 0.15) is 0 Å². The summed E-state index contributed by atoms with van der Waals surface area (Å²) in [6, 6.07) is 6.07. The molecule has 0 aliphatic heterocycles. The Labute approximate surface area is 110 Å². The summed E-state index contributed by atoms with van der Waals surface area (Å²) in [6.07, 6.45) is 1.03. The number of amidine groups is 1. The minimum atomic E-state index is 0.127. The number of oxime groups is 1. The second-order valence-electron chi connectivity index (χ2n) is 4.01. The van der Waals surface area contributed by atoms with Gasteiger partial charge in [-0.3, -0.25) is 0 Å². The van der Waals surface area contributed by atoms with E-state index in [9.17, 15) is 0 Å². The molecule has 4 nitrogen and oxygen atoms in total. The number of anilines is 1. The SMILES string of the molecule is CCC(C)N(C)c1cc(Br)ccc1/C(N)=N/O. The van der Waals surface area contributed by atoms with Crippen LogP contribution in [0.2, 0.25) is 0 Å².